The molecular weight excluding hydrogens is 270 g/mol. The summed E-state index contributed by atoms with van der Waals surface area (Å²) in [4.78, 5) is 23.7. The predicted molar refractivity (Wildman–Crippen MR) is 79.4 cm³/mol. The first-order chi connectivity index (χ1) is 10.2. The van der Waals surface area contributed by atoms with Crippen molar-refractivity contribution in [1.82, 2.24) is 5.32 Å². The Morgan fingerprint density at radius 2 is 1.57 bits per heavy atom. The first kappa shape index (κ1) is 16.7. The van der Waals surface area contributed by atoms with Gasteiger partial charge in [-0.15, -0.1) is 0 Å². The molecule has 0 bridgehead atoms. The van der Waals surface area contributed by atoms with Crippen LogP contribution < -0.4 is 5.32 Å². The fraction of sp³-hybridized carbons (Fsp3) is 0.250. The fourth-order valence-electron chi connectivity index (χ4n) is 1.53. The summed E-state index contributed by atoms with van der Waals surface area (Å²) >= 11 is 0. The summed E-state index contributed by atoms with van der Waals surface area (Å²) in [7, 11) is 0. The van der Waals surface area contributed by atoms with E-state index in [1.165, 1.54) is 12.2 Å². The van der Waals surface area contributed by atoms with Crippen molar-refractivity contribution in [2.24, 2.45) is 0 Å². The van der Waals surface area contributed by atoms with Crippen molar-refractivity contribution >= 4 is 11.9 Å². The van der Waals surface area contributed by atoms with Gasteiger partial charge in [0, 0.05) is 6.54 Å². The average Bonchev–Trinajstić information content (AvgIpc) is 2.52. The lowest BCUT2D eigenvalue weighted by molar-refractivity contribution is -0.157. The molecule has 0 unspecified atom stereocenters. The van der Waals surface area contributed by atoms with Gasteiger partial charge < -0.3 is 9.47 Å². The molecule has 1 aromatic carbocycles. The molecule has 0 saturated heterocycles. The largest absolute Gasteiger partial charge is 0.460 e. The Balaban J connectivity index is 2.66. The molecule has 0 fully saturated rings. The van der Waals surface area contributed by atoms with E-state index in [9.17, 15) is 9.59 Å². The van der Waals surface area contributed by atoms with Crippen LogP contribution in [0.25, 0.3) is 0 Å². The Kier molecular flexibility index (Phi) is 7.53. The molecule has 0 aliphatic heterocycles. The molecular formula is C16H19NO4. The van der Waals surface area contributed by atoms with E-state index in [-0.39, 0.29) is 13.2 Å². The van der Waals surface area contributed by atoms with E-state index in [0.29, 0.717) is 6.54 Å². The van der Waals surface area contributed by atoms with Crippen molar-refractivity contribution in [3.8, 4) is 0 Å². The summed E-state index contributed by atoms with van der Waals surface area (Å²) in [6.07, 6.45) is 2.86. The van der Waals surface area contributed by atoms with Crippen molar-refractivity contribution in [2.75, 3.05) is 13.2 Å². The second-order valence-corrected chi connectivity index (χ2v) is 4.14. The van der Waals surface area contributed by atoms with Gasteiger partial charge >= 0.3 is 11.9 Å². The fourth-order valence-corrected chi connectivity index (χ4v) is 1.53. The van der Waals surface area contributed by atoms with Gasteiger partial charge in [-0.05, 0) is 5.56 Å². The molecule has 112 valence electrons. The van der Waals surface area contributed by atoms with Gasteiger partial charge in [-0.2, -0.15) is 0 Å². The van der Waals surface area contributed by atoms with E-state index in [2.05, 4.69) is 18.5 Å². The molecule has 1 N–H and O–H groups in total. The third kappa shape index (κ3) is 6.05. The molecule has 0 amide bonds. The number of carbonyl (C=O) groups is 2. The highest BCUT2D eigenvalue weighted by Gasteiger charge is 2.29. The Labute approximate surface area is 124 Å². The molecule has 5 nitrogen and oxygen atoms in total. The number of rotatable bonds is 9. The third-order valence-electron chi connectivity index (χ3n) is 2.51. The predicted octanol–water partition coefficient (Wildman–Crippen LogP) is 1.60. The number of benzene rings is 1. The van der Waals surface area contributed by atoms with Crippen molar-refractivity contribution in [1.29, 1.82) is 0 Å². The van der Waals surface area contributed by atoms with Crippen molar-refractivity contribution in [3.05, 3.63) is 61.2 Å². The number of hydrogen-bond donors (Lipinski definition) is 1. The molecule has 1 aromatic rings. The van der Waals surface area contributed by atoms with Crippen LogP contribution in [0.15, 0.2) is 55.6 Å². The molecule has 21 heavy (non-hydrogen) atoms. The summed E-state index contributed by atoms with van der Waals surface area (Å²) in [5.74, 6) is -1.39. The molecule has 0 heterocycles. The molecule has 0 aromatic heterocycles. The smallest absolute Gasteiger partial charge is 0.335 e. The quantitative estimate of drug-likeness (QED) is 0.425. The average molecular weight is 289 g/mol. The lowest BCUT2D eigenvalue weighted by Crippen LogP contribution is -2.45. The van der Waals surface area contributed by atoms with Crippen LogP contribution in [0, 0.1) is 0 Å². The zero-order chi connectivity index (χ0) is 15.5. The molecule has 5 heteroatoms. The van der Waals surface area contributed by atoms with Crippen LogP contribution >= 0.6 is 0 Å². The lowest BCUT2D eigenvalue weighted by Gasteiger charge is -2.16. The second kappa shape index (κ2) is 9.50. The number of carbonyl (C=O) groups excluding carboxylic acids is 2. The molecule has 0 atom stereocenters. The maximum atomic E-state index is 11.9. The molecule has 0 saturated carbocycles. The monoisotopic (exact) mass is 289 g/mol. The highest BCUT2D eigenvalue weighted by Crippen LogP contribution is 2.01. The second-order valence-electron chi connectivity index (χ2n) is 4.14. The zero-order valence-corrected chi connectivity index (χ0v) is 11.8. The van der Waals surface area contributed by atoms with Gasteiger partial charge in [-0.25, -0.2) is 9.59 Å². The van der Waals surface area contributed by atoms with Gasteiger partial charge in [0.2, 0.25) is 6.04 Å². The number of hydrogen-bond acceptors (Lipinski definition) is 5. The van der Waals surface area contributed by atoms with Gasteiger partial charge in [-0.1, -0.05) is 55.6 Å². The first-order valence-corrected chi connectivity index (χ1v) is 6.51. The minimum Gasteiger partial charge on any atom is -0.460 e. The van der Waals surface area contributed by atoms with E-state index in [4.69, 9.17) is 9.47 Å². The van der Waals surface area contributed by atoms with Crippen LogP contribution in [-0.2, 0) is 25.6 Å². The first-order valence-electron chi connectivity index (χ1n) is 6.51. The molecule has 0 aliphatic rings. The van der Waals surface area contributed by atoms with Crippen LogP contribution in [0.2, 0.25) is 0 Å². The number of nitrogens with one attached hydrogen (secondary N) is 1. The van der Waals surface area contributed by atoms with Crippen LogP contribution in [0.5, 0.6) is 0 Å². The van der Waals surface area contributed by atoms with Gasteiger partial charge in [-0.3, -0.25) is 5.32 Å². The Morgan fingerprint density at radius 3 is 2.05 bits per heavy atom. The van der Waals surface area contributed by atoms with Gasteiger partial charge in [0.25, 0.3) is 0 Å². The Bertz CT molecular complexity index is 460. The summed E-state index contributed by atoms with van der Waals surface area (Å²) in [5.41, 5.74) is 0.940. The standard InChI is InChI=1S/C16H19NO4/c1-3-10-20-15(18)14(16(19)21-11-4-2)17-12-13-8-6-5-7-9-13/h3-9,14,17H,1-2,10-12H2. The molecule has 0 radical (unpaired) electrons. The maximum absolute atomic E-state index is 11.9. The highest BCUT2D eigenvalue weighted by molar-refractivity contribution is 5.99. The maximum Gasteiger partial charge on any atom is 0.335 e. The van der Waals surface area contributed by atoms with E-state index in [1.807, 2.05) is 30.3 Å². The molecule has 0 spiro atoms. The lowest BCUT2D eigenvalue weighted by atomic mass is 10.2. The van der Waals surface area contributed by atoms with Gasteiger partial charge in [0.1, 0.15) is 13.2 Å². The zero-order valence-electron chi connectivity index (χ0n) is 11.8. The third-order valence-corrected chi connectivity index (χ3v) is 2.51. The number of ether oxygens (including phenoxy) is 2. The van der Waals surface area contributed by atoms with Crippen molar-refractivity contribution in [3.63, 3.8) is 0 Å². The molecule has 1 rings (SSSR count). The van der Waals surface area contributed by atoms with Crippen LogP contribution in [0.1, 0.15) is 5.56 Å². The van der Waals surface area contributed by atoms with Gasteiger partial charge in [0.15, 0.2) is 0 Å². The number of esters is 2. The van der Waals surface area contributed by atoms with E-state index in [1.54, 1.807) is 0 Å². The van der Waals surface area contributed by atoms with Crippen LogP contribution in [-0.4, -0.2) is 31.2 Å². The van der Waals surface area contributed by atoms with Crippen molar-refractivity contribution < 1.29 is 19.1 Å². The van der Waals surface area contributed by atoms with Crippen LogP contribution in [0.4, 0.5) is 0 Å². The van der Waals surface area contributed by atoms with E-state index >= 15 is 0 Å². The summed E-state index contributed by atoms with van der Waals surface area (Å²) in [5, 5.41) is 2.84. The van der Waals surface area contributed by atoms with E-state index in [0.717, 1.165) is 5.56 Å². The SMILES string of the molecule is C=CCOC(=O)C(NCc1ccccc1)C(=O)OCC=C. The Hall–Kier alpha value is -2.40. The molecule has 0 aliphatic carbocycles. The normalized spacial score (nSPS) is 9.95. The summed E-state index contributed by atoms with van der Waals surface area (Å²) in [6, 6.07) is 8.22. The highest BCUT2D eigenvalue weighted by atomic mass is 16.6. The van der Waals surface area contributed by atoms with Crippen molar-refractivity contribution in [2.45, 2.75) is 12.6 Å². The Morgan fingerprint density at radius 1 is 1.05 bits per heavy atom. The minimum absolute atomic E-state index is 0.0388. The summed E-state index contributed by atoms with van der Waals surface area (Å²) in [6.45, 7) is 7.33. The van der Waals surface area contributed by atoms with E-state index < -0.39 is 18.0 Å². The van der Waals surface area contributed by atoms with Crippen LogP contribution in [0.3, 0.4) is 0 Å². The topological polar surface area (TPSA) is 64.6 Å². The summed E-state index contributed by atoms with van der Waals surface area (Å²) < 4.78 is 9.79. The minimum atomic E-state index is -1.18. The van der Waals surface area contributed by atoms with Gasteiger partial charge in [0.05, 0.1) is 0 Å².